The number of benzene rings is 2. The van der Waals surface area contributed by atoms with E-state index in [0.29, 0.717) is 17.9 Å². The van der Waals surface area contributed by atoms with Crippen LogP contribution in [-0.4, -0.2) is 28.4 Å². The zero-order valence-electron chi connectivity index (χ0n) is 14.2. The van der Waals surface area contributed by atoms with Crippen LogP contribution < -0.4 is 14.2 Å². The summed E-state index contributed by atoms with van der Waals surface area (Å²) in [4.78, 5) is 0. The summed E-state index contributed by atoms with van der Waals surface area (Å²) < 4.78 is 37.7. The van der Waals surface area contributed by atoms with Crippen LogP contribution in [0.5, 0.6) is 11.5 Å². The molecule has 0 aliphatic heterocycles. The maximum absolute atomic E-state index is 12.2. The Balaban J connectivity index is 2.03. The molecule has 0 unspecified atom stereocenters. The molecule has 0 aliphatic carbocycles. The minimum absolute atomic E-state index is 0.0501. The Morgan fingerprint density at radius 3 is 2.33 bits per heavy atom. The molecular weight excluding hydrogens is 326 g/mol. The number of methoxy groups -OCH3 is 2. The lowest BCUT2D eigenvalue weighted by atomic mass is 10.1. The standard InChI is InChI=1S/C18H23NO4S/c1-14-17(22-2)10-9-16(18(14)23-3)13-19-24(20,21)12-11-15-7-5-4-6-8-15/h4-10,19H,11-13H2,1-3H3. The maximum atomic E-state index is 12.2. The van der Waals surface area contributed by atoms with E-state index < -0.39 is 10.0 Å². The Kier molecular flexibility index (Phi) is 6.23. The average molecular weight is 349 g/mol. The summed E-state index contributed by atoms with van der Waals surface area (Å²) >= 11 is 0. The van der Waals surface area contributed by atoms with Crippen LogP contribution in [0.25, 0.3) is 0 Å². The van der Waals surface area contributed by atoms with E-state index in [1.807, 2.05) is 49.4 Å². The molecule has 0 aromatic heterocycles. The SMILES string of the molecule is COc1ccc(CNS(=O)(=O)CCc2ccccc2)c(OC)c1C. The fourth-order valence-electron chi connectivity index (χ4n) is 2.53. The van der Waals surface area contributed by atoms with Crippen molar-refractivity contribution in [2.75, 3.05) is 20.0 Å². The summed E-state index contributed by atoms with van der Waals surface area (Å²) in [6, 6.07) is 13.2. The third-order valence-corrected chi connectivity index (χ3v) is 5.17. The van der Waals surface area contributed by atoms with Gasteiger partial charge in [0.25, 0.3) is 0 Å². The molecule has 0 amide bonds. The van der Waals surface area contributed by atoms with E-state index in [0.717, 1.165) is 16.7 Å². The molecule has 0 radical (unpaired) electrons. The van der Waals surface area contributed by atoms with Gasteiger partial charge in [-0.1, -0.05) is 36.4 Å². The monoisotopic (exact) mass is 349 g/mol. The Morgan fingerprint density at radius 2 is 1.71 bits per heavy atom. The summed E-state index contributed by atoms with van der Waals surface area (Å²) in [6.07, 6.45) is 0.481. The Labute approximate surface area is 143 Å². The number of hydrogen-bond acceptors (Lipinski definition) is 4. The molecular formula is C18H23NO4S. The molecule has 0 fully saturated rings. The molecule has 0 aliphatic rings. The molecule has 2 rings (SSSR count). The number of sulfonamides is 1. The molecule has 6 heteroatoms. The topological polar surface area (TPSA) is 64.6 Å². The van der Waals surface area contributed by atoms with Crippen LogP contribution in [0.3, 0.4) is 0 Å². The second-order valence-electron chi connectivity index (χ2n) is 5.46. The van der Waals surface area contributed by atoms with Gasteiger partial charge in [0.05, 0.1) is 20.0 Å². The first kappa shape index (κ1) is 18.3. The molecule has 130 valence electrons. The molecule has 0 bridgehead atoms. The lowest BCUT2D eigenvalue weighted by Gasteiger charge is -2.15. The first-order valence-corrected chi connectivity index (χ1v) is 9.34. The highest BCUT2D eigenvalue weighted by Gasteiger charge is 2.15. The third kappa shape index (κ3) is 4.72. The summed E-state index contributed by atoms with van der Waals surface area (Å²) in [5.41, 5.74) is 2.63. The van der Waals surface area contributed by atoms with Gasteiger partial charge in [-0.25, -0.2) is 13.1 Å². The lowest BCUT2D eigenvalue weighted by molar-refractivity contribution is 0.385. The first-order chi connectivity index (χ1) is 11.5. The number of rotatable bonds is 8. The van der Waals surface area contributed by atoms with Gasteiger partial charge in [-0.3, -0.25) is 0 Å². The van der Waals surface area contributed by atoms with E-state index >= 15 is 0 Å². The Hall–Kier alpha value is -2.05. The molecule has 0 atom stereocenters. The van der Waals surface area contributed by atoms with Crippen molar-refractivity contribution in [3.05, 3.63) is 59.2 Å². The van der Waals surface area contributed by atoms with Gasteiger partial charge in [0.1, 0.15) is 11.5 Å². The highest BCUT2D eigenvalue weighted by molar-refractivity contribution is 7.89. The Bertz CT molecular complexity index is 773. The van der Waals surface area contributed by atoms with Crippen molar-refractivity contribution in [2.24, 2.45) is 0 Å². The molecule has 24 heavy (non-hydrogen) atoms. The summed E-state index contributed by atoms with van der Waals surface area (Å²) in [7, 11) is -0.213. The predicted molar refractivity (Wildman–Crippen MR) is 95.1 cm³/mol. The van der Waals surface area contributed by atoms with Gasteiger partial charge in [-0.15, -0.1) is 0 Å². The van der Waals surface area contributed by atoms with Gasteiger partial charge in [-0.2, -0.15) is 0 Å². The van der Waals surface area contributed by atoms with E-state index in [1.54, 1.807) is 14.2 Å². The third-order valence-electron chi connectivity index (χ3n) is 3.85. The smallest absolute Gasteiger partial charge is 0.212 e. The largest absolute Gasteiger partial charge is 0.496 e. The number of nitrogens with one attached hydrogen (secondary N) is 1. The summed E-state index contributed by atoms with van der Waals surface area (Å²) in [6.45, 7) is 2.07. The van der Waals surface area contributed by atoms with Crippen molar-refractivity contribution < 1.29 is 17.9 Å². The molecule has 5 nitrogen and oxygen atoms in total. The maximum Gasteiger partial charge on any atom is 0.212 e. The van der Waals surface area contributed by atoms with Crippen molar-refractivity contribution in [3.8, 4) is 11.5 Å². The van der Waals surface area contributed by atoms with Gasteiger partial charge >= 0.3 is 0 Å². The quantitative estimate of drug-likeness (QED) is 0.796. The molecule has 2 aromatic rings. The predicted octanol–water partition coefficient (Wildman–Crippen LogP) is 2.67. The lowest BCUT2D eigenvalue weighted by Crippen LogP contribution is -2.27. The van der Waals surface area contributed by atoms with Crippen LogP contribution in [0.2, 0.25) is 0 Å². The zero-order valence-corrected chi connectivity index (χ0v) is 15.0. The van der Waals surface area contributed by atoms with Crippen molar-refractivity contribution in [1.29, 1.82) is 0 Å². The Morgan fingerprint density at radius 1 is 1.00 bits per heavy atom. The van der Waals surface area contributed by atoms with Crippen LogP contribution >= 0.6 is 0 Å². The highest BCUT2D eigenvalue weighted by atomic mass is 32.2. The van der Waals surface area contributed by atoms with E-state index in [2.05, 4.69) is 4.72 Å². The van der Waals surface area contributed by atoms with Crippen LogP contribution in [0.4, 0.5) is 0 Å². The van der Waals surface area contributed by atoms with Gasteiger partial charge in [0, 0.05) is 17.7 Å². The van der Waals surface area contributed by atoms with Gasteiger partial charge in [0.15, 0.2) is 0 Å². The van der Waals surface area contributed by atoms with Crippen LogP contribution in [0.1, 0.15) is 16.7 Å². The van der Waals surface area contributed by atoms with Crippen LogP contribution in [0.15, 0.2) is 42.5 Å². The minimum Gasteiger partial charge on any atom is -0.496 e. The molecule has 1 N–H and O–H groups in total. The second kappa shape index (κ2) is 8.17. The molecule has 2 aromatic carbocycles. The van der Waals surface area contributed by atoms with E-state index in [-0.39, 0.29) is 12.3 Å². The van der Waals surface area contributed by atoms with Crippen LogP contribution in [-0.2, 0) is 23.0 Å². The molecule has 0 saturated heterocycles. The zero-order chi connectivity index (χ0) is 17.6. The fraction of sp³-hybridized carbons (Fsp3) is 0.333. The van der Waals surface area contributed by atoms with Gasteiger partial charge < -0.3 is 9.47 Å². The number of aryl methyl sites for hydroxylation is 1. The number of ether oxygens (including phenoxy) is 2. The van der Waals surface area contributed by atoms with Crippen molar-refractivity contribution in [2.45, 2.75) is 19.9 Å². The second-order valence-corrected chi connectivity index (χ2v) is 7.39. The van der Waals surface area contributed by atoms with E-state index in [9.17, 15) is 8.42 Å². The normalized spacial score (nSPS) is 11.3. The van der Waals surface area contributed by atoms with Crippen LogP contribution in [0, 0.1) is 6.92 Å². The molecule has 0 heterocycles. The van der Waals surface area contributed by atoms with E-state index in [1.165, 1.54) is 0 Å². The van der Waals surface area contributed by atoms with Crippen molar-refractivity contribution >= 4 is 10.0 Å². The van der Waals surface area contributed by atoms with Gasteiger partial charge in [0.2, 0.25) is 10.0 Å². The van der Waals surface area contributed by atoms with E-state index in [4.69, 9.17) is 9.47 Å². The minimum atomic E-state index is -3.37. The average Bonchev–Trinajstić information content (AvgIpc) is 2.59. The first-order valence-electron chi connectivity index (χ1n) is 7.68. The van der Waals surface area contributed by atoms with Gasteiger partial charge in [-0.05, 0) is 25.0 Å². The summed E-state index contributed by atoms with van der Waals surface area (Å²) in [5.74, 6) is 1.40. The summed E-state index contributed by atoms with van der Waals surface area (Å²) in [5, 5.41) is 0. The fourth-order valence-corrected chi connectivity index (χ4v) is 3.56. The highest BCUT2D eigenvalue weighted by Crippen LogP contribution is 2.31. The molecule has 0 spiro atoms. The van der Waals surface area contributed by atoms with Crippen molar-refractivity contribution in [1.82, 2.24) is 4.72 Å². The number of hydrogen-bond donors (Lipinski definition) is 1. The molecule has 0 saturated carbocycles. The van der Waals surface area contributed by atoms with Crippen molar-refractivity contribution in [3.63, 3.8) is 0 Å².